The molecule has 3 aliphatic rings. The van der Waals surface area contributed by atoms with E-state index in [1.54, 1.807) is 6.08 Å². The molecule has 19 heteroatoms. The molecule has 17 atom stereocenters. The van der Waals surface area contributed by atoms with Gasteiger partial charge in [0.1, 0.15) is 73.2 Å². The van der Waals surface area contributed by atoms with Crippen LogP contribution in [0.4, 0.5) is 0 Å². The van der Waals surface area contributed by atoms with Crippen molar-refractivity contribution in [3.63, 3.8) is 0 Å². The Balaban J connectivity index is 1.44. The van der Waals surface area contributed by atoms with Crippen molar-refractivity contribution in [2.75, 3.05) is 26.4 Å². The molecule has 1 amide bonds. The van der Waals surface area contributed by atoms with Crippen LogP contribution in [0.2, 0.25) is 0 Å². The maximum atomic E-state index is 13.4. The largest absolute Gasteiger partial charge is 0.394 e. The quantitative estimate of drug-likeness (QED) is 0.0199. The third-order valence-corrected chi connectivity index (χ3v) is 16.8. The van der Waals surface area contributed by atoms with Crippen LogP contribution in [-0.2, 0) is 33.2 Å². The Hall–Kier alpha value is -3.55. The summed E-state index contributed by atoms with van der Waals surface area (Å²) >= 11 is 0. The number of hydrogen-bond acceptors (Lipinski definition) is 18. The first-order valence-corrected chi connectivity index (χ1v) is 35.1. The molecule has 3 fully saturated rings. The number of unbranched alkanes of at least 4 members (excludes halogenated alkanes) is 20. The molecule has 92 heavy (non-hydrogen) atoms. The molecule has 528 valence electrons. The van der Waals surface area contributed by atoms with Crippen LogP contribution in [-0.4, -0.2) is 193 Å². The zero-order valence-corrected chi connectivity index (χ0v) is 55.7. The minimum atomic E-state index is -1.99. The van der Waals surface area contributed by atoms with E-state index in [4.69, 9.17) is 28.4 Å². The lowest BCUT2D eigenvalue weighted by molar-refractivity contribution is -0.379. The standard InChI is InChI=1S/C73H123NO18/c1-3-5-7-9-11-13-15-17-19-21-23-24-25-26-27-28-29-30-31-32-33-35-37-39-41-43-45-47-49-51-61(79)74-56(57(78)50-48-46-44-42-40-38-36-34-22-20-18-16-14-12-10-8-6-4-2)55-87-71-67(85)64(82)69(59(53-76)89-71)92-73-68(86)65(83)70(60(54-77)90-73)91-72-66(84)63(81)62(80)58(52-75)88-72/h5,7,11,13,17,19,22-24,26-27,29-30,34,40,42,48,50,56-60,62-73,75-78,80-86H,3-4,6,8-10,12,14-16,18,20-21,25,28,31-33,35-39,41,43-47,49,51-55H2,1-2H3,(H,74,79)/b7-5-,13-11-,19-17-,24-23-,27-26-,30-29-,34-22+,42-40+,50-48+. The number of rotatable bonds is 52. The molecule has 17 unspecified atom stereocenters. The molecule has 0 radical (unpaired) electrons. The van der Waals surface area contributed by atoms with Gasteiger partial charge in [-0.2, -0.15) is 0 Å². The van der Waals surface area contributed by atoms with Gasteiger partial charge in [-0.1, -0.05) is 220 Å². The number of allylic oxidation sites excluding steroid dienone is 17. The first kappa shape index (κ1) is 82.7. The highest BCUT2D eigenvalue weighted by molar-refractivity contribution is 5.76. The first-order valence-electron chi connectivity index (χ1n) is 35.1. The summed E-state index contributed by atoms with van der Waals surface area (Å²) in [6, 6.07) is -1.01. The Bertz CT molecular complexity index is 2090. The van der Waals surface area contributed by atoms with E-state index in [1.165, 1.54) is 83.5 Å². The van der Waals surface area contributed by atoms with E-state index in [2.05, 4.69) is 116 Å². The van der Waals surface area contributed by atoms with Gasteiger partial charge >= 0.3 is 0 Å². The van der Waals surface area contributed by atoms with Gasteiger partial charge in [0.05, 0.1) is 38.6 Å². The number of hydrogen-bond donors (Lipinski definition) is 12. The second-order valence-electron chi connectivity index (χ2n) is 24.6. The van der Waals surface area contributed by atoms with Crippen LogP contribution < -0.4 is 5.32 Å². The Morgan fingerprint density at radius 1 is 0.402 bits per heavy atom. The zero-order valence-electron chi connectivity index (χ0n) is 55.7. The van der Waals surface area contributed by atoms with Crippen molar-refractivity contribution < 1.29 is 89.4 Å². The lowest BCUT2D eigenvalue weighted by Crippen LogP contribution is -2.66. The van der Waals surface area contributed by atoms with Crippen molar-refractivity contribution >= 4 is 5.91 Å². The highest BCUT2D eigenvalue weighted by Crippen LogP contribution is 2.33. The Kier molecular flexibility index (Phi) is 48.1. The predicted octanol–water partition coefficient (Wildman–Crippen LogP) is 9.44. The Labute approximate surface area is 551 Å². The summed E-state index contributed by atoms with van der Waals surface area (Å²) in [5.41, 5.74) is 0. The SMILES string of the molecule is CC/C=C\C/C=C\C/C=C\C/C=C\C/C=C\C/C=C\CCCCCCCCCCCCC(=O)NC(COC1OC(CO)C(OC2OC(CO)C(OC3OC(CO)C(O)C(O)C3O)C(O)C2O)C(O)C1O)C(O)/C=C/CC/C=C/CC/C=C/CCCCCCCCCC. The van der Waals surface area contributed by atoms with Gasteiger partial charge in [-0.3, -0.25) is 4.79 Å². The Morgan fingerprint density at radius 3 is 1.22 bits per heavy atom. The summed E-state index contributed by atoms with van der Waals surface area (Å²) in [4.78, 5) is 13.4. The van der Waals surface area contributed by atoms with Crippen LogP contribution in [0.25, 0.3) is 0 Å². The minimum absolute atomic E-state index is 0.220. The molecule has 3 saturated heterocycles. The molecule has 0 aromatic carbocycles. The average Bonchev–Trinajstić information content (AvgIpc) is 0.834. The van der Waals surface area contributed by atoms with E-state index in [0.717, 1.165) is 96.3 Å². The smallest absolute Gasteiger partial charge is 0.220 e. The second kappa shape index (κ2) is 53.6. The zero-order chi connectivity index (χ0) is 66.8. The van der Waals surface area contributed by atoms with Gasteiger partial charge in [0.15, 0.2) is 18.9 Å². The van der Waals surface area contributed by atoms with E-state index in [0.29, 0.717) is 12.8 Å². The van der Waals surface area contributed by atoms with E-state index < -0.39 is 124 Å². The maximum absolute atomic E-state index is 13.4. The van der Waals surface area contributed by atoms with Crippen LogP contribution in [0.1, 0.15) is 213 Å². The second-order valence-corrected chi connectivity index (χ2v) is 24.6. The van der Waals surface area contributed by atoms with Crippen molar-refractivity contribution in [1.82, 2.24) is 5.32 Å². The molecule has 12 N–H and O–H groups in total. The van der Waals surface area contributed by atoms with Gasteiger partial charge in [0.2, 0.25) is 5.91 Å². The summed E-state index contributed by atoms with van der Waals surface area (Å²) < 4.78 is 34.3. The fraction of sp³-hybridized carbons (Fsp3) is 0.740. The number of aliphatic hydroxyl groups is 11. The summed E-state index contributed by atoms with van der Waals surface area (Å²) in [7, 11) is 0. The lowest BCUT2D eigenvalue weighted by Gasteiger charge is -2.48. The highest BCUT2D eigenvalue weighted by atomic mass is 16.8. The summed E-state index contributed by atoms with van der Waals surface area (Å²) in [6.45, 7) is 1.57. The summed E-state index contributed by atoms with van der Waals surface area (Å²) in [6.07, 6.45) is 44.9. The van der Waals surface area contributed by atoms with Crippen molar-refractivity contribution in [3.8, 4) is 0 Å². The van der Waals surface area contributed by atoms with Gasteiger partial charge < -0.3 is 89.9 Å². The summed E-state index contributed by atoms with van der Waals surface area (Å²) in [5, 5.41) is 120. The van der Waals surface area contributed by atoms with Gasteiger partial charge in [-0.25, -0.2) is 0 Å². The Morgan fingerprint density at radius 2 is 0.761 bits per heavy atom. The molecule has 0 bridgehead atoms. The molecule has 0 saturated carbocycles. The number of carbonyl (C=O) groups is 1. The molecule has 3 heterocycles. The fourth-order valence-corrected chi connectivity index (χ4v) is 11.1. The monoisotopic (exact) mass is 1300 g/mol. The number of ether oxygens (including phenoxy) is 6. The topological polar surface area (TPSA) is 307 Å². The number of aliphatic hydroxyl groups excluding tert-OH is 11. The van der Waals surface area contributed by atoms with E-state index in [9.17, 15) is 61.0 Å². The third kappa shape index (κ3) is 34.9. The van der Waals surface area contributed by atoms with Crippen LogP contribution in [0.3, 0.4) is 0 Å². The van der Waals surface area contributed by atoms with Gasteiger partial charge in [0, 0.05) is 6.42 Å². The predicted molar refractivity (Wildman–Crippen MR) is 360 cm³/mol. The van der Waals surface area contributed by atoms with Gasteiger partial charge in [-0.05, 0) is 96.3 Å². The molecule has 3 rings (SSSR count). The normalized spacial score (nSPS) is 28.4. The van der Waals surface area contributed by atoms with Crippen molar-refractivity contribution in [2.24, 2.45) is 0 Å². The van der Waals surface area contributed by atoms with Crippen molar-refractivity contribution in [2.45, 2.75) is 317 Å². The lowest BCUT2D eigenvalue weighted by atomic mass is 9.96. The molecule has 19 nitrogen and oxygen atoms in total. The van der Waals surface area contributed by atoms with Crippen molar-refractivity contribution in [1.29, 1.82) is 0 Å². The molecule has 0 aliphatic carbocycles. The van der Waals surface area contributed by atoms with E-state index in [-0.39, 0.29) is 18.9 Å². The van der Waals surface area contributed by atoms with E-state index in [1.807, 2.05) is 6.08 Å². The first-order chi connectivity index (χ1) is 44.8. The fourth-order valence-electron chi connectivity index (χ4n) is 11.1. The molecule has 0 aromatic rings. The van der Waals surface area contributed by atoms with Crippen molar-refractivity contribution in [3.05, 3.63) is 109 Å². The summed E-state index contributed by atoms with van der Waals surface area (Å²) in [5.74, 6) is -0.299. The molecule has 0 spiro atoms. The van der Waals surface area contributed by atoms with Crippen LogP contribution in [0, 0.1) is 0 Å². The molecular formula is C73H123NO18. The molecule has 3 aliphatic heterocycles. The molecular weight excluding hydrogens is 1180 g/mol. The maximum Gasteiger partial charge on any atom is 0.220 e. The van der Waals surface area contributed by atoms with Gasteiger partial charge in [-0.15, -0.1) is 0 Å². The minimum Gasteiger partial charge on any atom is -0.394 e. The highest BCUT2D eigenvalue weighted by Gasteiger charge is 2.53. The van der Waals surface area contributed by atoms with Crippen LogP contribution in [0.15, 0.2) is 109 Å². The number of amides is 1. The number of nitrogens with one attached hydrogen (secondary N) is 1. The number of carbonyl (C=O) groups excluding carboxylic acids is 1. The average molecular weight is 1300 g/mol. The molecule has 0 aromatic heterocycles. The van der Waals surface area contributed by atoms with Crippen LogP contribution in [0.5, 0.6) is 0 Å². The van der Waals surface area contributed by atoms with Crippen LogP contribution >= 0.6 is 0 Å². The van der Waals surface area contributed by atoms with Gasteiger partial charge in [0.25, 0.3) is 0 Å². The third-order valence-electron chi connectivity index (χ3n) is 16.8. The van der Waals surface area contributed by atoms with E-state index >= 15 is 0 Å².